The number of methoxy groups -OCH3 is 1. The van der Waals surface area contributed by atoms with Crippen molar-refractivity contribution in [1.82, 2.24) is 15.8 Å². The molecule has 0 bridgehead atoms. The zero-order valence-corrected chi connectivity index (χ0v) is 15.5. The van der Waals surface area contributed by atoms with Gasteiger partial charge in [0.15, 0.2) is 0 Å². The largest absolute Gasteiger partial charge is 0.497 e. The lowest BCUT2D eigenvalue weighted by atomic mass is 10.0. The van der Waals surface area contributed by atoms with Crippen molar-refractivity contribution >= 4 is 12.0 Å². The van der Waals surface area contributed by atoms with Crippen LogP contribution < -0.4 is 15.5 Å². The van der Waals surface area contributed by atoms with Crippen LogP contribution in [0.2, 0.25) is 0 Å². The summed E-state index contributed by atoms with van der Waals surface area (Å²) in [6.07, 6.45) is 0.143. The van der Waals surface area contributed by atoms with Crippen LogP contribution in [0.3, 0.4) is 0 Å². The molecule has 0 radical (unpaired) electrons. The molecule has 2 atom stereocenters. The molecule has 2 N–H and O–H groups in total. The average molecular weight is 349 g/mol. The lowest BCUT2D eigenvalue weighted by Crippen LogP contribution is -2.63. The molecule has 1 aliphatic rings. The summed E-state index contributed by atoms with van der Waals surface area (Å²) in [6, 6.07) is 7.04. The number of benzene rings is 1. The highest BCUT2D eigenvalue weighted by atomic mass is 16.6. The third-order valence-electron chi connectivity index (χ3n) is 3.93. The predicted octanol–water partition coefficient (Wildman–Crippen LogP) is 2.39. The van der Waals surface area contributed by atoms with Crippen molar-refractivity contribution in [2.75, 3.05) is 13.7 Å². The number of carbonyl (C=O) groups excluding carboxylic acids is 2. The van der Waals surface area contributed by atoms with Gasteiger partial charge in [0.1, 0.15) is 17.4 Å². The molecule has 1 heterocycles. The van der Waals surface area contributed by atoms with Gasteiger partial charge in [-0.25, -0.2) is 9.80 Å². The normalized spacial score (nSPS) is 18.7. The van der Waals surface area contributed by atoms with Gasteiger partial charge in [0.05, 0.1) is 13.2 Å². The maximum absolute atomic E-state index is 12.4. The van der Waals surface area contributed by atoms with E-state index >= 15 is 0 Å². The second-order valence-corrected chi connectivity index (χ2v) is 7.11. The van der Waals surface area contributed by atoms with Crippen molar-refractivity contribution in [3.63, 3.8) is 0 Å². The van der Waals surface area contributed by atoms with E-state index in [1.165, 1.54) is 0 Å². The van der Waals surface area contributed by atoms with Gasteiger partial charge < -0.3 is 14.8 Å². The number of ether oxygens (including phenoxy) is 2. The Morgan fingerprint density at radius 2 is 1.88 bits per heavy atom. The Kier molecular flexibility index (Phi) is 5.89. The van der Waals surface area contributed by atoms with Gasteiger partial charge in [-0.15, -0.1) is 0 Å². The van der Waals surface area contributed by atoms with Crippen LogP contribution in [-0.2, 0) is 9.53 Å². The Balaban J connectivity index is 1.86. The van der Waals surface area contributed by atoms with Crippen LogP contribution in [-0.4, -0.2) is 42.3 Å². The fourth-order valence-electron chi connectivity index (χ4n) is 2.50. The maximum Gasteiger partial charge on any atom is 0.422 e. The summed E-state index contributed by atoms with van der Waals surface area (Å²) in [5.74, 6) is 0.652. The molecule has 0 unspecified atom stereocenters. The van der Waals surface area contributed by atoms with Gasteiger partial charge >= 0.3 is 6.09 Å². The number of hydrogen-bond donors (Lipinski definition) is 2. The molecule has 1 aliphatic heterocycles. The van der Waals surface area contributed by atoms with Crippen LogP contribution in [0.1, 0.15) is 45.7 Å². The number of amides is 2. The summed E-state index contributed by atoms with van der Waals surface area (Å²) < 4.78 is 10.3. The summed E-state index contributed by atoms with van der Waals surface area (Å²) in [5.41, 5.74) is 3.04. The van der Waals surface area contributed by atoms with Gasteiger partial charge in [0, 0.05) is 6.54 Å². The number of carbonyl (C=O) groups is 2. The zero-order chi connectivity index (χ0) is 18.6. The Morgan fingerprint density at radius 1 is 1.24 bits per heavy atom. The van der Waals surface area contributed by atoms with E-state index in [1.54, 1.807) is 32.9 Å². The highest BCUT2D eigenvalue weighted by Gasteiger charge is 2.36. The van der Waals surface area contributed by atoms with Crippen molar-refractivity contribution in [3.05, 3.63) is 29.8 Å². The van der Waals surface area contributed by atoms with Crippen LogP contribution in [0.15, 0.2) is 24.3 Å². The minimum atomic E-state index is -0.574. The van der Waals surface area contributed by atoms with Gasteiger partial charge in [-0.2, -0.15) is 0 Å². The monoisotopic (exact) mass is 349 g/mol. The van der Waals surface area contributed by atoms with Gasteiger partial charge in [0.2, 0.25) is 5.91 Å². The van der Waals surface area contributed by atoms with E-state index in [1.807, 2.05) is 31.2 Å². The molecule has 138 valence electrons. The molecule has 2 rings (SSSR count). The van der Waals surface area contributed by atoms with Crippen molar-refractivity contribution < 1.29 is 19.1 Å². The van der Waals surface area contributed by atoms with E-state index in [9.17, 15) is 9.59 Å². The zero-order valence-electron chi connectivity index (χ0n) is 15.5. The molecule has 7 heteroatoms. The highest BCUT2D eigenvalue weighted by molar-refractivity contribution is 5.83. The molecule has 1 fully saturated rings. The van der Waals surface area contributed by atoms with Gasteiger partial charge in [0.25, 0.3) is 0 Å². The maximum atomic E-state index is 12.4. The quantitative estimate of drug-likeness (QED) is 0.853. The van der Waals surface area contributed by atoms with Crippen LogP contribution in [0.5, 0.6) is 5.75 Å². The lowest BCUT2D eigenvalue weighted by molar-refractivity contribution is -0.133. The summed E-state index contributed by atoms with van der Waals surface area (Å²) in [6.45, 7) is 7.93. The molecular formula is C18H27N3O4. The van der Waals surface area contributed by atoms with E-state index in [0.29, 0.717) is 13.0 Å². The van der Waals surface area contributed by atoms with E-state index in [4.69, 9.17) is 9.47 Å². The lowest BCUT2D eigenvalue weighted by Gasteiger charge is -2.39. The van der Waals surface area contributed by atoms with Crippen molar-refractivity contribution in [1.29, 1.82) is 0 Å². The minimum Gasteiger partial charge on any atom is -0.497 e. The number of nitrogens with one attached hydrogen (secondary N) is 2. The van der Waals surface area contributed by atoms with Crippen molar-refractivity contribution in [2.24, 2.45) is 0 Å². The third kappa shape index (κ3) is 5.35. The van der Waals surface area contributed by atoms with Crippen LogP contribution in [0.25, 0.3) is 0 Å². The summed E-state index contributed by atoms with van der Waals surface area (Å²) in [4.78, 5) is 24.3. The molecule has 25 heavy (non-hydrogen) atoms. The summed E-state index contributed by atoms with van der Waals surface area (Å²) >= 11 is 0. The van der Waals surface area contributed by atoms with Crippen LogP contribution in [0.4, 0.5) is 4.79 Å². The first-order chi connectivity index (χ1) is 11.7. The standard InChI is InChI=1S/C18H27N3O4/c1-12(13-6-8-14(24-5)9-7-13)19-16(22)15-10-11-21(15)20-17(23)25-18(2,3)4/h6-9,12,15H,10-11H2,1-5H3,(H,19,22)(H,20,23)/t12-,15+/m1/s1. The second-order valence-electron chi connectivity index (χ2n) is 7.11. The predicted molar refractivity (Wildman–Crippen MR) is 94.0 cm³/mol. The molecule has 1 aromatic carbocycles. The van der Waals surface area contributed by atoms with Gasteiger partial charge in [-0.1, -0.05) is 12.1 Å². The molecule has 0 aromatic heterocycles. The van der Waals surface area contributed by atoms with Gasteiger partial charge in [-0.05, 0) is 51.8 Å². The fourth-order valence-corrected chi connectivity index (χ4v) is 2.50. The van der Waals surface area contributed by atoms with Crippen LogP contribution >= 0.6 is 0 Å². The Morgan fingerprint density at radius 3 is 2.36 bits per heavy atom. The number of hydrogen-bond acceptors (Lipinski definition) is 5. The molecule has 1 saturated heterocycles. The Labute approximate surface area is 148 Å². The van der Waals surface area contributed by atoms with Crippen molar-refractivity contribution in [2.45, 2.75) is 51.8 Å². The van der Waals surface area contributed by atoms with Crippen molar-refractivity contribution in [3.8, 4) is 5.75 Å². The van der Waals surface area contributed by atoms with E-state index < -0.39 is 11.7 Å². The van der Waals surface area contributed by atoms with E-state index in [0.717, 1.165) is 11.3 Å². The Bertz CT molecular complexity index is 610. The first kappa shape index (κ1) is 19.1. The fraction of sp³-hybridized carbons (Fsp3) is 0.556. The average Bonchev–Trinajstić information content (AvgIpc) is 2.49. The molecule has 2 amide bonds. The SMILES string of the molecule is COc1ccc([C@@H](C)NC(=O)[C@@H]2CCN2NC(=O)OC(C)(C)C)cc1. The molecule has 7 nitrogen and oxygen atoms in total. The number of nitrogens with zero attached hydrogens (tertiary/aromatic N) is 1. The molecule has 1 aromatic rings. The highest BCUT2D eigenvalue weighted by Crippen LogP contribution is 2.20. The van der Waals surface area contributed by atoms with Crippen LogP contribution in [0, 0.1) is 0 Å². The molecular weight excluding hydrogens is 322 g/mol. The first-order valence-corrected chi connectivity index (χ1v) is 8.40. The van der Waals surface area contributed by atoms with E-state index in [2.05, 4.69) is 10.7 Å². The minimum absolute atomic E-state index is 0.120. The number of hydrazine groups is 1. The second kappa shape index (κ2) is 7.74. The first-order valence-electron chi connectivity index (χ1n) is 8.40. The molecule has 0 spiro atoms. The summed E-state index contributed by atoms with van der Waals surface area (Å²) in [7, 11) is 1.61. The summed E-state index contributed by atoms with van der Waals surface area (Å²) in [5, 5.41) is 4.57. The topological polar surface area (TPSA) is 79.9 Å². The molecule has 0 aliphatic carbocycles. The third-order valence-corrected chi connectivity index (χ3v) is 3.93. The van der Waals surface area contributed by atoms with Gasteiger partial charge in [-0.3, -0.25) is 10.2 Å². The Hall–Kier alpha value is -2.28. The smallest absolute Gasteiger partial charge is 0.422 e. The molecule has 0 saturated carbocycles. The van der Waals surface area contributed by atoms with E-state index in [-0.39, 0.29) is 18.0 Å². The number of rotatable bonds is 5.